The van der Waals surface area contributed by atoms with Gasteiger partial charge in [-0.2, -0.15) is 0 Å². The third-order valence-corrected chi connectivity index (χ3v) is 4.69. The largest absolute Gasteiger partial charge is 0.573 e. The summed E-state index contributed by atoms with van der Waals surface area (Å²) in [5.41, 5.74) is 2.01. The van der Waals surface area contributed by atoms with Crippen molar-refractivity contribution in [3.63, 3.8) is 0 Å². The quantitative estimate of drug-likeness (QED) is 0.450. The van der Waals surface area contributed by atoms with Crippen molar-refractivity contribution in [3.8, 4) is 22.6 Å². The zero-order chi connectivity index (χ0) is 23.3. The number of carbonyl (C=O) groups excluding carboxylic acids is 1. The van der Waals surface area contributed by atoms with Crippen LogP contribution in [0.4, 0.5) is 19.0 Å². The van der Waals surface area contributed by atoms with Crippen LogP contribution in [0.5, 0.6) is 11.5 Å². The topological polar surface area (TPSA) is 69.7 Å². The van der Waals surface area contributed by atoms with Gasteiger partial charge in [0, 0.05) is 18.3 Å². The van der Waals surface area contributed by atoms with Gasteiger partial charge in [-0.15, -0.1) is 13.2 Å². The van der Waals surface area contributed by atoms with Crippen molar-refractivity contribution in [1.82, 2.24) is 4.98 Å². The van der Waals surface area contributed by atoms with Gasteiger partial charge in [0.1, 0.15) is 22.9 Å². The number of hydrogen-bond donors (Lipinski definition) is 1. The molecular formula is C22H18ClF3N2O4. The molecule has 0 aliphatic heterocycles. The van der Waals surface area contributed by atoms with Gasteiger partial charge in [0.15, 0.2) is 0 Å². The highest BCUT2D eigenvalue weighted by atomic mass is 35.5. The predicted octanol–water partition coefficient (Wildman–Crippen LogP) is 5.71. The number of carbonyl (C=O) groups is 1. The number of halogens is 4. The summed E-state index contributed by atoms with van der Waals surface area (Å²) in [6.45, 7) is 0.201. The van der Waals surface area contributed by atoms with Gasteiger partial charge in [-0.1, -0.05) is 29.8 Å². The van der Waals surface area contributed by atoms with E-state index in [1.165, 1.54) is 38.6 Å². The molecule has 6 nitrogen and oxygen atoms in total. The minimum atomic E-state index is -4.76. The molecule has 0 fully saturated rings. The standard InChI is InChI=1S/C22H18ClF3N2O4/c1-30-19-7-6-14(9-16(19)21(29)31-2)17-12-28-20(10-18(17)23)27-11-13-4-3-5-15(8-13)32-22(24,25)26/h3-10,12H,11H2,1-2H3,(H,27,28). The molecular weight excluding hydrogens is 449 g/mol. The van der Waals surface area contributed by atoms with Crippen LogP contribution < -0.4 is 14.8 Å². The van der Waals surface area contributed by atoms with Crippen LogP contribution in [0, 0.1) is 0 Å². The molecule has 1 N–H and O–H groups in total. The first-order valence-corrected chi connectivity index (χ1v) is 9.59. The molecule has 1 heterocycles. The molecule has 0 aliphatic carbocycles. The molecule has 0 bridgehead atoms. The first-order chi connectivity index (χ1) is 15.2. The highest BCUT2D eigenvalue weighted by molar-refractivity contribution is 6.33. The van der Waals surface area contributed by atoms with Gasteiger partial charge < -0.3 is 19.5 Å². The Morgan fingerprint density at radius 2 is 1.91 bits per heavy atom. The van der Waals surface area contributed by atoms with E-state index in [1.54, 1.807) is 30.3 Å². The average Bonchev–Trinajstić information content (AvgIpc) is 2.76. The van der Waals surface area contributed by atoms with Gasteiger partial charge in [0.2, 0.25) is 0 Å². The molecule has 0 radical (unpaired) electrons. The Labute approximate surface area is 186 Å². The Morgan fingerprint density at radius 3 is 2.56 bits per heavy atom. The Balaban J connectivity index is 1.76. The van der Waals surface area contributed by atoms with Crippen LogP contribution in [-0.4, -0.2) is 31.5 Å². The van der Waals surface area contributed by atoms with E-state index in [1.807, 2.05) is 0 Å². The fourth-order valence-corrected chi connectivity index (χ4v) is 3.19. The van der Waals surface area contributed by atoms with Crippen LogP contribution >= 0.6 is 11.6 Å². The maximum absolute atomic E-state index is 12.4. The molecule has 32 heavy (non-hydrogen) atoms. The molecule has 0 atom stereocenters. The summed E-state index contributed by atoms with van der Waals surface area (Å²) in [5, 5.41) is 3.36. The third kappa shape index (κ3) is 5.82. The molecule has 0 spiro atoms. The lowest BCUT2D eigenvalue weighted by Gasteiger charge is -2.12. The highest BCUT2D eigenvalue weighted by Crippen LogP contribution is 2.32. The first-order valence-electron chi connectivity index (χ1n) is 9.21. The van der Waals surface area contributed by atoms with E-state index in [9.17, 15) is 18.0 Å². The fraction of sp³-hybridized carbons (Fsp3) is 0.182. The van der Waals surface area contributed by atoms with Crippen LogP contribution in [0.25, 0.3) is 11.1 Å². The van der Waals surface area contributed by atoms with Crippen LogP contribution in [0.15, 0.2) is 54.7 Å². The number of rotatable bonds is 7. The lowest BCUT2D eigenvalue weighted by molar-refractivity contribution is -0.274. The first kappa shape index (κ1) is 23.2. The van der Waals surface area contributed by atoms with Crippen LogP contribution in [-0.2, 0) is 11.3 Å². The molecule has 10 heteroatoms. The molecule has 0 saturated carbocycles. The van der Waals surface area contributed by atoms with Crippen molar-refractivity contribution in [3.05, 3.63) is 70.9 Å². The second-order valence-corrected chi connectivity index (χ2v) is 6.91. The molecule has 3 rings (SSSR count). The van der Waals surface area contributed by atoms with E-state index in [0.717, 1.165) is 0 Å². The number of methoxy groups -OCH3 is 2. The number of anilines is 1. The van der Waals surface area contributed by atoms with Crippen LogP contribution in [0.3, 0.4) is 0 Å². The van der Waals surface area contributed by atoms with E-state index in [0.29, 0.717) is 33.3 Å². The number of hydrogen-bond acceptors (Lipinski definition) is 6. The number of ether oxygens (including phenoxy) is 3. The van der Waals surface area contributed by atoms with Crippen molar-refractivity contribution >= 4 is 23.4 Å². The van der Waals surface area contributed by atoms with Crippen LogP contribution in [0.1, 0.15) is 15.9 Å². The molecule has 1 aromatic heterocycles. The zero-order valence-corrected chi connectivity index (χ0v) is 17.8. The normalized spacial score (nSPS) is 11.1. The number of alkyl halides is 3. The molecule has 168 valence electrons. The second kappa shape index (κ2) is 9.78. The Kier molecular flexibility index (Phi) is 7.09. The predicted molar refractivity (Wildman–Crippen MR) is 113 cm³/mol. The summed E-state index contributed by atoms with van der Waals surface area (Å²) in [6, 6.07) is 12.1. The molecule has 0 amide bonds. The maximum Gasteiger partial charge on any atom is 0.573 e. The highest BCUT2D eigenvalue weighted by Gasteiger charge is 2.31. The summed E-state index contributed by atoms with van der Waals surface area (Å²) in [6.07, 6.45) is -3.23. The van der Waals surface area contributed by atoms with Gasteiger partial charge in [0.05, 0.1) is 19.2 Å². The van der Waals surface area contributed by atoms with Gasteiger partial charge >= 0.3 is 12.3 Å². The molecule has 0 unspecified atom stereocenters. The lowest BCUT2D eigenvalue weighted by atomic mass is 10.0. The monoisotopic (exact) mass is 466 g/mol. The molecule has 0 saturated heterocycles. The van der Waals surface area contributed by atoms with E-state index in [2.05, 4.69) is 15.0 Å². The number of aromatic nitrogens is 1. The van der Waals surface area contributed by atoms with Crippen molar-refractivity contribution in [2.75, 3.05) is 19.5 Å². The van der Waals surface area contributed by atoms with E-state index in [-0.39, 0.29) is 17.9 Å². The summed E-state index contributed by atoms with van der Waals surface area (Å²) < 4.78 is 51.0. The van der Waals surface area contributed by atoms with Crippen molar-refractivity contribution in [2.45, 2.75) is 12.9 Å². The summed E-state index contributed by atoms with van der Waals surface area (Å²) >= 11 is 6.41. The number of nitrogens with one attached hydrogen (secondary N) is 1. The number of benzene rings is 2. The molecule has 0 aliphatic rings. The summed E-state index contributed by atoms with van der Waals surface area (Å²) in [4.78, 5) is 16.3. The third-order valence-electron chi connectivity index (χ3n) is 4.37. The van der Waals surface area contributed by atoms with E-state index < -0.39 is 12.3 Å². The number of pyridine rings is 1. The number of nitrogens with zero attached hydrogens (tertiary/aromatic N) is 1. The van der Waals surface area contributed by atoms with E-state index in [4.69, 9.17) is 21.1 Å². The Bertz CT molecular complexity index is 1120. The van der Waals surface area contributed by atoms with Gasteiger partial charge in [-0.3, -0.25) is 0 Å². The maximum atomic E-state index is 12.4. The second-order valence-electron chi connectivity index (χ2n) is 6.50. The summed E-state index contributed by atoms with van der Waals surface area (Å²) in [7, 11) is 2.72. The van der Waals surface area contributed by atoms with Gasteiger partial charge in [-0.25, -0.2) is 9.78 Å². The summed E-state index contributed by atoms with van der Waals surface area (Å²) in [5.74, 6) is -0.0795. The van der Waals surface area contributed by atoms with Crippen LogP contribution in [0.2, 0.25) is 5.02 Å². The van der Waals surface area contributed by atoms with Crippen molar-refractivity contribution in [2.24, 2.45) is 0 Å². The van der Waals surface area contributed by atoms with Gasteiger partial charge in [-0.05, 0) is 41.5 Å². The average molecular weight is 467 g/mol. The smallest absolute Gasteiger partial charge is 0.496 e. The van der Waals surface area contributed by atoms with Crippen molar-refractivity contribution in [1.29, 1.82) is 0 Å². The lowest BCUT2D eigenvalue weighted by Crippen LogP contribution is -2.17. The number of esters is 1. The molecule has 3 aromatic rings. The minimum Gasteiger partial charge on any atom is -0.496 e. The molecule has 2 aromatic carbocycles. The van der Waals surface area contributed by atoms with E-state index >= 15 is 0 Å². The minimum absolute atomic E-state index is 0.201. The fourth-order valence-electron chi connectivity index (χ4n) is 2.93. The van der Waals surface area contributed by atoms with Gasteiger partial charge in [0.25, 0.3) is 0 Å². The Hall–Kier alpha value is -3.46. The van der Waals surface area contributed by atoms with Crippen molar-refractivity contribution < 1.29 is 32.2 Å². The zero-order valence-electron chi connectivity index (χ0n) is 17.0. The Morgan fingerprint density at radius 1 is 1.12 bits per heavy atom. The SMILES string of the molecule is COC(=O)c1cc(-c2cnc(NCc3cccc(OC(F)(F)F)c3)cc2Cl)ccc1OC.